The minimum Gasteiger partial charge on any atom is -0.384 e. The summed E-state index contributed by atoms with van der Waals surface area (Å²) >= 11 is 0. The van der Waals surface area contributed by atoms with Gasteiger partial charge in [-0.15, -0.1) is 0 Å². The number of carbonyl (C=O) groups is 5. The van der Waals surface area contributed by atoms with Gasteiger partial charge in [-0.25, -0.2) is 13.9 Å². The first-order chi connectivity index (χ1) is 31.2. The summed E-state index contributed by atoms with van der Waals surface area (Å²) in [5.74, 6) is -0.331. The molecule has 0 spiro atoms. The van der Waals surface area contributed by atoms with Crippen molar-refractivity contribution < 1.29 is 28.2 Å². The van der Waals surface area contributed by atoms with Crippen molar-refractivity contribution in [1.82, 2.24) is 35.5 Å². The minimum atomic E-state index is -1.35. The molecule has 18 heteroatoms. The number of nitrogens with zero attached hydrogens (tertiary/aromatic N) is 4. The van der Waals surface area contributed by atoms with Gasteiger partial charge in [-0.1, -0.05) is 31.4 Å². The van der Waals surface area contributed by atoms with Crippen LogP contribution in [-0.4, -0.2) is 106 Å². The molecule has 4 aromatic rings. The van der Waals surface area contributed by atoms with Crippen LogP contribution < -0.4 is 41.5 Å². The first kappa shape index (κ1) is 48.2. The molecule has 2 saturated heterocycles. The van der Waals surface area contributed by atoms with E-state index in [9.17, 15) is 28.2 Å². The Kier molecular flexibility index (Phi) is 17.1. The third kappa shape index (κ3) is 14.6. The quantitative estimate of drug-likeness (QED) is 0.0320. The second-order valence-corrected chi connectivity index (χ2v) is 18.6. The monoisotopic (exact) mass is 907 g/mol. The summed E-state index contributed by atoms with van der Waals surface area (Å²) in [7, 11) is -1.35. The lowest BCUT2D eigenvalue weighted by Crippen LogP contribution is -2.52. The minimum absolute atomic E-state index is 0.0344. The van der Waals surface area contributed by atoms with Gasteiger partial charge in [0.05, 0.1) is 22.6 Å². The summed E-state index contributed by atoms with van der Waals surface area (Å²) in [4.78, 5) is 75.4. The molecule has 0 radical (unpaired) electrons. The molecule has 3 aromatic carbocycles. The van der Waals surface area contributed by atoms with E-state index < -0.39 is 28.8 Å². The summed E-state index contributed by atoms with van der Waals surface area (Å²) < 4.78 is 15.9. The molecule has 6 rings (SSSR count). The van der Waals surface area contributed by atoms with Crippen LogP contribution in [0.2, 0.25) is 0 Å². The van der Waals surface area contributed by atoms with Crippen molar-refractivity contribution in [2.45, 2.75) is 89.1 Å². The largest absolute Gasteiger partial charge is 0.384 e. The zero-order valence-corrected chi connectivity index (χ0v) is 38.4. The molecule has 65 heavy (non-hydrogen) atoms. The average Bonchev–Trinajstić information content (AvgIpc) is 3.28. The summed E-state index contributed by atoms with van der Waals surface area (Å²) in [5, 5.41) is 17.8. The fourth-order valence-electron chi connectivity index (χ4n) is 7.44. The van der Waals surface area contributed by atoms with E-state index in [1.165, 1.54) is 6.07 Å². The number of amides is 4. The predicted octanol–water partition coefficient (Wildman–Crippen LogP) is 5.33. The van der Waals surface area contributed by atoms with Gasteiger partial charge >= 0.3 is 0 Å². The third-order valence-electron chi connectivity index (χ3n) is 10.9. The van der Waals surface area contributed by atoms with Gasteiger partial charge in [-0.3, -0.25) is 34.2 Å². The number of aromatic nitrogens is 2. The lowest BCUT2D eigenvalue weighted by atomic mass is 10.0. The number of aldehydes is 1. The zero-order chi connectivity index (χ0) is 46.3. The van der Waals surface area contributed by atoms with Gasteiger partial charge < -0.3 is 31.5 Å². The average molecular weight is 908 g/mol. The fourth-order valence-corrected chi connectivity index (χ4v) is 8.55. The third-order valence-corrected chi connectivity index (χ3v) is 12.4. The maximum Gasteiger partial charge on any atom is 0.252 e. The molecule has 2 fully saturated rings. The van der Waals surface area contributed by atoms with Crippen molar-refractivity contribution in [2.24, 2.45) is 0 Å². The van der Waals surface area contributed by atoms with Crippen molar-refractivity contribution in [3.8, 4) is 0 Å². The molecule has 4 amide bonds. The molecule has 1 aromatic heterocycles. The standard InChI is InChI=1S/C47H61N11O6S/c1-32-29-50-46(55-43(32)51-34-12-10-13-36(28-34)65(64)56-47(2,3)4)52-33-16-18-35(19-17-33)58-26-24-57(25-27-58)30-42(61)49-23-9-7-5-6-8-22-48-39-15-11-14-37(38(39)31-59)44(62)53-40-20-21-41(60)54-45(40)63/h10-19,28-29,31,40,48,56H,5-9,20-27,30H2,1-4H3,(H,49,61)(H,53,62)(H,54,60,63)(H2,50,51,52,55). The van der Waals surface area contributed by atoms with E-state index in [4.69, 9.17) is 4.98 Å². The van der Waals surface area contributed by atoms with Gasteiger partial charge in [0.2, 0.25) is 23.7 Å². The Morgan fingerprint density at radius 1 is 0.892 bits per heavy atom. The van der Waals surface area contributed by atoms with E-state index >= 15 is 0 Å². The predicted molar refractivity (Wildman–Crippen MR) is 254 cm³/mol. The molecule has 346 valence electrons. The van der Waals surface area contributed by atoms with Gasteiger partial charge in [-0.05, 0) is 102 Å². The number of nitrogens with one attached hydrogen (secondary N) is 7. The van der Waals surface area contributed by atoms with Crippen molar-refractivity contribution in [2.75, 3.05) is 66.7 Å². The Balaban J connectivity index is 0.838. The second kappa shape index (κ2) is 23.1. The number of unbranched alkanes of at least 4 members (excludes halogenated alkanes) is 4. The number of imide groups is 1. The lowest BCUT2D eigenvalue weighted by molar-refractivity contribution is -0.134. The molecule has 2 aliphatic rings. The van der Waals surface area contributed by atoms with E-state index in [1.54, 1.807) is 18.3 Å². The van der Waals surface area contributed by atoms with Crippen molar-refractivity contribution in [1.29, 1.82) is 0 Å². The topological polar surface area (TPSA) is 219 Å². The number of aryl methyl sites for hydroxylation is 1. The first-order valence-electron chi connectivity index (χ1n) is 22.2. The number of anilines is 6. The van der Waals surface area contributed by atoms with E-state index in [1.807, 2.05) is 64.1 Å². The molecule has 2 atom stereocenters. The Morgan fingerprint density at radius 2 is 1.62 bits per heavy atom. The summed E-state index contributed by atoms with van der Waals surface area (Å²) in [6.45, 7) is 12.7. The lowest BCUT2D eigenvalue weighted by Gasteiger charge is -2.35. The van der Waals surface area contributed by atoms with Crippen LogP contribution in [0.5, 0.6) is 0 Å². The van der Waals surface area contributed by atoms with Gasteiger partial charge in [-0.2, -0.15) is 4.98 Å². The summed E-state index contributed by atoms with van der Waals surface area (Å²) in [6.07, 6.45) is 7.45. The maximum absolute atomic E-state index is 12.9. The summed E-state index contributed by atoms with van der Waals surface area (Å²) in [6, 6.07) is 19.8. The molecule has 2 unspecified atom stereocenters. The highest BCUT2D eigenvalue weighted by atomic mass is 32.2. The maximum atomic E-state index is 12.9. The number of hydrogen-bond acceptors (Lipinski definition) is 13. The fraction of sp³-hybridized carbons (Fsp3) is 0.426. The van der Waals surface area contributed by atoms with Crippen LogP contribution in [0.25, 0.3) is 0 Å². The second-order valence-electron chi connectivity index (χ2n) is 17.3. The molecule has 0 aliphatic carbocycles. The van der Waals surface area contributed by atoms with Gasteiger partial charge in [0.1, 0.15) is 22.8 Å². The van der Waals surface area contributed by atoms with Crippen LogP contribution in [0.3, 0.4) is 0 Å². The van der Waals surface area contributed by atoms with Crippen LogP contribution in [0.15, 0.2) is 77.8 Å². The number of hydrogen-bond donors (Lipinski definition) is 7. The van der Waals surface area contributed by atoms with Crippen LogP contribution in [0, 0.1) is 6.92 Å². The molecule has 17 nitrogen and oxygen atoms in total. The van der Waals surface area contributed by atoms with Crippen molar-refractivity contribution >= 4 is 75.4 Å². The molecule has 7 N–H and O–H groups in total. The summed E-state index contributed by atoms with van der Waals surface area (Å²) in [5.41, 5.74) is 4.25. The molecular weight excluding hydrogens is 847 g/mol. The van der Waals surface area contributed by atoms with Crippen LogP contribution in [0.1, 0.15) is 92.0 Å². The SMILES string of the molecule is Cc1cnc(Nc2ccc(N3CCN(CC(=O)NCCCCCCCNc4cccc(C(=O)NC5CCC(=O)NC5=O)c4C=O)CC3)cc2)nc1Nc1cccc(S(=O)NC(C)(C)C)c1. The van der Waals surface area contributed by atoms with Crippen molar-refractivity contribution in [3.63, 3.8) is 0 Å². The number of carbonyl (C=O) groups excluding carboxylic acids is 5. The highest BCUT2D eigenvalue weighted by molar-refractivity contribution is 7.83. The van der Waals surface area contributed by atoms with Gasteiger partial charge in [0.25, 0.3) is 5.91 Å². The Morgan fingerprint density at radius 3 is 2.34 bits per heavy atom. The van der Waals surface area contributed by atoms with Gasteiger partial charge in [0, 0.05) is 85.7 Å². The molecule has 0 saturated carbocycles. The normalized spacial score (nSPS) is 16.0. The highest BCUT2D eigenvalue weighted by Crippen LogP contribution is 2.25. The van der Waals surface area contributed by atoms with Crippen LogP contribution >= 0.6 is 0 Å². The van der Waals surface area contributed by atoms with Crippen molar-refractivity contribution in [3.05, 3.63) is 89.6 Å². The van der Waals surface area contributed by atoms with E-state index in [0.717, 1.165) is 80.9 Å². The Hall–Kier alpha value is -6.24. The van der Waals surface area contributed by atoms with E-state index in [0.29, 0.717) is 48.3 Å². The zero-order valence-electron chi connectivity index (χ0n) is 37.6. The first-order valence-corrected chi connectivity index (χ1v) is 23.4. The van der Waals surface area contributed by atoms with Crippen LogP contribution in [0.4, 0.5) is 34.5 Å². The Bertz CT molecular complexity index is 2330. The number of benzene rings is 3. The molecule has 2 aliphatic heterocycles. The molecular formula is C47H61N11O6S. The highest BCUT2D eigenvalue weighted by Gasteiger charge is 2.29. The number of rotatable bonds is 21. The molecule has 3 heterocycles. The van der Waals surface area contributed by atoms with Crippen LogP contribution in [-0.2, 0) is 25.4 Å². The Labute approximate surface area is 383 Å². The van der Waals surface area contributed by atoms with E-state index in [2.05, 4.69) is 63.5 Å². The van der Waals surface area contributed by atoms with E-state index in [-0.39, 0.29) is 41.3 Å². The number of piperazine rings is 1. The van der Waals surface area contributed by atoms with Gasteiger partial charge in [0.15, 0.2) is 6.29 Å². The smallest absolute Gasteiger partial charge is 0.252 e. The number of piperidine rings is 1. The molecule has 0 bridgehead atoms.